The zero-order valence-corrected chi connectivity index (χ0v) is 13.4. The molecule has 0 spiro atoms. The first-order chi connectivity index (χ1) is 11.1. The number of amides is 1. The minimum Gasteiger partial charge on any atom is -0.389 e. The van der Waals surface area contributed by atoms with Crippen LogP contribution in [0.4, 0.5) is 4.39 Å². The van der Waals surface area contributed by atoms with E-state index in [2.05, 4.69) is 15.6 Å². The molecule has 1 fully saturated rings. The molecule has 23 heavy (non-hydrogen) atoms. The number of nitrogens with zero attached hydrogens (tertiary/aromatic N) is 1. The number of aliphatic hydroxyl groups is 1. The van der Waals surface area contributed by atoms with Gasteiger partial charge in [0.15, 0.2) is 6.17 Å². The van der Waals surface area contributed by atoms with Crippen molar-refractivity contribution in [3.05, 3.63) is 41.0 Å². The summed E-state index contributed by atoms with van der Waals surface area (Å²) in [6, 6.07) is 6.84. The summed E-state index contributed by atoms with van der Waals surface area (Å²) in [5.41, 5.74) is 4.83. The van der Waals surface area contributed by atoms with Gasteiger partial charge in [0.2, 0.25) is 5.91 Å². The number of rotatable bonds is 4. The van der Waals surface area contributed by atoms with E-state index >= 15 is 0 Å². The Morgan fingerprint density at radius 1 is 1.48 bits per heavy atom. The summed E-state index contributed by atoms with van der Waals surface area (Å²) in [5, 5.41) is 14.7. The lowest BCUT2D eigenvalue weighted by atomic mass is 10.1. The zero-order valence-electron chi connectivity index (χ0n) is 12.6. The Labute approximate surface area is 137 Å². The molecule has 0 bridgehead atoms. The number of hydrogen-bond donors (Lipinski definition) is 3. The third-order valence-electron chi connectivity index (χ3n) is 3.94. The van der Waals surface area contributed by atoms with Crippen LogP contribution >= 0.6 is 11.3 Å². The van der Waals surface area contributed by atoms with E-state index in [0.29, 0.717) is 6.54 Å². The number of aromatic nitrogens is 1. The van der Waals surface area contributed by atoms with E-state index in [0.717, 1.165) is 21.7 Å². The average Bonchev–Trinajstić information content (AvgIpc) is 3.12. The van der Waals surface area contributed by atoms with Crippen molar-refractivity contribution in [1.82, 2.24) is 15.6 Å². The summed E-state index contributed by atoms with van der Waals surface area (Å²) in [6.07, 6.45) is -2.68. The van der Waals surface area contributed by atoms with Gasteiger partial charge in [-0.1, -0.05) is 24.3 Å². The molecule has 0 radical (unpaired) electrons. The molecule has 1 aliphatic heterocycles. The Hall–Kier alpha value is -1.83. The van der Waals surface area contributed by atoms with Gasteiger partial charge in [0.05, 0.1) is 22.2 Å². The van der Waals surface area contributed by atoms with Crippen LogP contribution in [-0.4, -0.2) is 40.9 Å². The standard InChI is InChI=1S/C16H18FN3O2S/c1-9-15(23-8-20-9)11-4-2-10(3-5-11)6-19-16(22)14-13(17)12(21)7-18-14/h2-5,8,12-14,18,21H,6-7H2,1H3,(H,19,22)/t12-,13-,14-/m0/s1. The van der Waals surface area contributed by atoms with Crippen molar-refractivity contribution in [1.29, 1.82) is 0 Å². The number of aliphatic hydroxyl groups excluding tert-OH is 1. The van der Waals surface area contributed by atoms with Crippen LogP contribution in [0.5, 0.6) is 0 Å². The van der Waals surface area contributed by atoms with Crippen molar-refractivity contribution in [2.45, 2.75) is 31.8 Å². The van der Waals surface area contributed by atoms with Crippen molar-refractivity contribution in [2.24, 2.45) is 0 Å². The molecular weight excluding hydrogens is 317 g/mol. The smallest absolute Gasteiger partial charge is 0.240 e. The quantitative estimate of drug-likeness (QED) is 0.790. The van der Waals surface area contributed by atoms with E-state index in [1.165, 1.54) is 0 Å². The first kappa shape index (κ1) is 16.0. The molecule has 122 valence electrons. The first-order valence-electron chi connectivity index (χ1n) is 7.39. The molecule has 2 aromatic rings. The number of halogens is 1. The molecule has 1 aliphatic rings. The molecule has 0 saturated carbocycles. The number of thiazole rings is 1. The van der Waals surface area contributed by atoms with Gasteiger partial charge in [-0.15, -0.1) is 11.3 Å². The van der Waals surface area contributed by atoms with Crippen LogP contribution in [0.3, 0.4) is 0 Å². The van der Waals surface area contributed by atoms with Gasteiger partial charge in [-0.2, -0.15) is 0 Å². The topological polar surface area (TPSA) is 74.2 Å². The summed E-state index contributed by atoms with van der Waals surface area (Å²) in [4.78, 5) is 17.3. The fourth-order valence-electron chi connectivity index (χ4n) is 2.58. The summed E-state index contributed by atoms with van der Waals surface area (Å²) >= 11 is 1.59. The van der Waals surface area contributed by atoms with Crippen LogP contribution in [0.2, 0.25) is 0 Å². The SMILES string of the molecule is Cc1ncsc1-c1ccc(CNC(=O)[C@H]2NC[C@H](O)[C@@H]2F)cc1. The summed E-state index contributed by atoms with van der Waals surface area (Å²) in [6.45, 7) is 2.39. The predicted molar refractivity (Wildman–Crippen MR) is 86.8 cm³/mol. The zero-order chi connectivity index (χ0) is 16.4. The lowest BCUT2D eigenvalue weighted by Crippen LogP contribution is -2.45. The molecule has 3 atom stereocenters. The molecule has 7 heteroatoms. The van der Waals surface area contributed by atoms with Crippen LogP contribution in [0.1, 0.15) is 11.3 Å². The lowest BCUT2D eigenvalue weighted by Gasteiger charge is -2.14. The van der Waals surface area contributed by atoms with E-state index in [1.807, 2.05) is 36.7 Å². The second-order valence-electron chi connectivity index (χ2n) is 5.58. The highest BCUT2D eigenvalue weighted by Crippen LogP contribution is 2.27. The fourth-order valence-corrected chi connectivity index (χ4v) is 3.40. The largest absolute Gasteiger partial charge is 0.389 e. The van der Waals surface area contributed by atoms with E-state index in [4.69, 9.17) is 0 Å². The monoisotopic (exact) mass is 335 g/mol. The molecule has 3 rings (SSSR count). The molecule has 3 N–H and O–H groups in total. The van der Waals surface area contributed by atoms with Crippen molar-refractivity contribution >= 4 is 17.2 Å². The third kappa shape index (κ3) is 3.41. The van der Waals surface area contributed by atoms with Crippen LogP contribution in [0.25, 0.3) is 10.4 Å². The van der Waals surface area contributed by atoms with E-state index in [1.54, 1.807) is 11.3 Å². The van der Waals surface area contributed by atoms with Gasteiger partial charge in [0.1, 0.15) is 6.04 Å². The number of hydrogen-bond acceptors (Lipinski definition) is 5. The van der Waals surface area contributed by atoms with Crippen LogP contribution in [0.15, 0.2) is 29.8 Å². The maximum Gasteiger partial charge on any atom is 0.240 e. The van der Waals surface area contributed by atoms with Gasteiger partial charge in [-0.25, -0.2) is 9.37 Å². The second kappa shape index (κ2) is 6.74. The number of aryl methyl sites for hydroxylation is 1. The van der Waals surface area contributed by atoms with Crippen molar-refractivity contribution in [3.8, 4) is 10.4 Å². The Morgan fingerprint density at radius 2 is 2.22 bits per heavy atom. The van der Waals surface area contributed by atoms with E-state index in [-0.39, 0.29) is 6.54 Å². The number of carbonyl (C=O) groups is 1. The third-order valence-corrected chi connectivity index (χ3v) is 4.92. The first-order valence-corrected chi connectivity index (χ1v) is 8.27. The van der Waals surface area contributed by atoms with Crippen molar-refractivity contribution in [2.75, 3.05) is 6.54 Å². The molecule has 2 heterocycles. The number of carbonyl (C=O) groups excluding carboxylic acids is 1. The Kier molecular flexibility index (Phi) is 4.70. The number of benzene rings is 1. The maximum atomic E-state index is 13.6. The van der Waals surface area contributed by atoms with Crippen LogP contribution < -0.4 is 10.6 Å². The Morgan fingerprint density at radius 3 is 2.78 bits per heavy atom. The Balaban J connectivity index is 1.59. The van der Waals surface area contributed by atoms with Gasteiger partial charge in [-0.05, 0) is 18.1 Å². The van der Waals surface area contributed by atoms with Crippen LogP contribution in [-0.2, 0) is 11.3 Å². The molecule has 5 nitrogen and oxygen atoms in total. The fraction of sp³-hybridized carbons (Fsp3) is 0.375. The second-order valence-corrected chi connectivity index (χ2v) is 6.43. The molecule has 1 aromatic heterocycles. The van der Waals surface area contributed by atoms with Crippen molar-refractivity contribution < 1.29 is 14.3 Å². The number of β-amino-alcohol motifs (C(OH)–C–C–N with tert-alkyl or cyclic N) is 1. The van der Waals surface area contributed by atoms with Gasteiger partial charge >= 0.3 is 0 Å². The summed E-state index contributed by atoms with van der Waals surface area (Å²) < 4.78 is 13.6. The molecule has 1 amide bonds. The highest BCUT2D eigenvalue weighted by Gasteiger charge is 2.39. The highest BCUT2D eigenvalue weighted by atomic mass is 32.1. The molecule has 0 aliphatic carbocycles. The highest BCUT2D eigenvalue weighted by molar-refractivity contribution is 7.13. The summed E-state index contributed by atoms with van der Waals surface area (Å²) in [5.74, 6) is -0.434. The normalized spacial score (nSPS) is 23.9. The Bertz CT molecular complexity index is 689. The van der Waals surface area contributed by atoms with E-state index in [9.17, 15) is 14.3 Å². The van der Waals surface area contributed by atoms with Gasteiger partial charge < -0.3 is 15.7 Å². The lowest BCUT2D eigenvalue weighted by molar-refractivity contribution is -0.124. The van der Waals surface area contributed by atoms with Gasteiger partial charge in [-0.3, -0.25) is 4.79 Å². The molecular formula is C16H18FN3O2S. The van der Waals surface area contributed by atoms with Crippen molar-refractivity contribution in [3.63, 3.8) is 0 Å². The summed E-state index contributed by atoms with van der Waals surface area (Å²) in [7, 11) is 0. The average molecular weight is 335 g/mol. The van der Waals surface area contributed by atoms with Gasteiger partial charge in [0.25, 0.3) is 0 Å². The number of nitrogens with one attached hydrogen (secondary N) is 2. The predicted octanol–water partition coefficient (Wildman–Crippen LogP) is 1.41. The van der Waals surface area contributed by atoms with E-state index < -0.39 is 24.2 Å². The molecule has 0 unspecified atom stereocenters. The number of alkyl halides is 1. The van der Waals surface area contributed by atoms with Crippen LogP contribution in [0, 0.1) is 6.92 Å². The van der Waals surface area contributed by atoms with Gasteiger partial charge in [0, 0.05) is 13.1 Å². The minimum atomic E-state index is -1.56. The molecule has 1 saturated heterocycles. The molecule has 1 aromatic carbocycles. The minimum absolute atomic E-state index is 0.0994. The maximum absolute atomic E-state index is 13.6.